The normalized spacial score (nSPS) is 14.1. The van der Waals surface area contributed by atoms with Crippen molar-refractivity contribution in [2.45, 2.75) is 113 Å². The first kappa shape index (κ1) is 60.4. The Hall–Kier alpha value is -8.74. The molecule has 0 spiro atoms. The zero-order chi connectivity index (χ0) is 54.8. The van der Waals surface area contributed by atoms with Crippen molar-refractivity contribution in [3.8, 4) is 0 Å². The van der Waals surface area contributed by atoms with Gasteiger partial charge in [0.1, 0.15) is 42.3 Å². The van der Waals surface area contributed by atoms with E-state index in [4.69, 9.17) is 27.7 Å². The lowest BCUT2D eigenvalue weighted by Gasteiger charge is -2.27. The highest BCUT2D eigenvalue weighted by molar-refractivity contribution is 5.99. The van der Waals surface area contributed by atoms with Crippen molar-refractivity contribution in [2.75, 3.05) is 13.2 Å². The molecule has 1 aromatic carbocycles. The highest BCUT2D eigenvalue weighted by Gasteiger charge is 2.36. The number of rotatable bonds is 34. The number of guanidine groups is 1. The summed E-state index contributed by atoms with van der Waals surface area (Å²) in [5, 5.41) is 72.7. The molecule has 73 heavy (non-hydrogen) atoms. The number of carbonyl (C=O) groups excluding carboxylic acids is 8. The number of aromatic nitrogens is 2. The Balaban J connectivity index is 2.39. The highest BCUT2D eigenvalue weighted by Crippen LogP contribution is 2.09. The monoisotopic (exact) mass is 1030 g/mol. The van der Waals surface area contributed by atoms with E-state index < -0.39 is 165 Å². The number of H-pyrrole nitrogens is 1. The van der Waals surface area contributed by atoms with Crippen LogP contribution in [0.5, 0.6) is 0 Å². The Morgan fingerprint density at radius 2 is 1.04 bits per heavy atom. The number of benzene rings is 1. The summed E-state index contributed by atoms with van der Waals surface area (Å²) in [6, 6.07) is -5.89. The van der Waals surface area contributed by atoms with Gasteiger partial charge >= 0.3 is 23.9 Å². The van der Waals surface area contributed by atoms with E-state index in [1.165, 1.54) is 12.5 Å². The van der Waals surface area contributed by atoms with E-state index in [1.54, 1.807) is 30.3 Å². The molecule has 0 bridgehead atoms. The Bertz CT molecular complexity index is 2280. The first-order valence-electron chi connectivity index (χ1n) is 22.2. The largest absolute Gasteiger partial charge is 0.481 e. The van der Waals surface area contributed by atoms with E-state index in [1.807, 2.05) is 16.0 Å². The van der Waals surface area contributed by atoms with Gasteiger partial charge in [0.2, 0.25) is 47.3 Å². The molecule has 31 heteroatoms. The van der Waals surface area contributed by atoms with Gasteiger partial charge in [-0.1, -0.05) is 30.3 Å². The number of carboxylic acid groups (broad SMARTS) is 4. The van der Waals surface area contributed by atoms with Crippen molar-refractivity contribution in [3.63, 3.8) is 0 Å². The van der Waals surface area contributed by atoms with Crippen LogP contribution in [0.3, 0.4) is 0 Å². The highest BCUT2D eigenvalue weighted by atomic mass is 16.4. The lowest BCUT2D eigenvalue weighted by atomic mass is 10.0. The molecule has 1 aromatic heterocycles. The number of nitrogens with two attached hydrogens (primary N) is 3. The van der Waals surface area contributed by atoms with Crippen LogP contribution in [0.4, 0.5) is 0 Å². The number of nitrogens with one attached hydrogen (secondary N) is 10. The van der Waals surface area contributed by atoms with Crippen molar-refractivity contribution in [1.29, 1.82) is 5.41 Å². The molecule has 400 valence electrons. The number of carboxylic acids is 4. The van der Waals surface area contributed by atoms with Gasteiger partial charge in [-0.15, -0.1) is 0 Å². The number of aliphatic hydroxyl groups is 1. The summed E-state index contributed by atoms with van der Waals surface area (Å²) in [6.07, 6.45) is -2.47. The summed E-state index contributed by atoms with van der Waals surface area (Å²) in [6.45, 7) is -0.934. The smallest absolute Gasteiger partial charge is 0.326 e. The number of hydrogen-bond acceptors (Lipinski definition) is 16. The number of carbonyl (C=O) groups is 12. The second kappa shape index (κ2) is 30.8. The number of aromatic amines is 1. The van der Waals surface area contributed by atoms with Crippen LogP contribution in [0.25, 0.3) is 0 Å². The van der Waals surface area contributed by atoms with E-state index in [2.05, 4.69) is 36.6 Å². The van der Waals surface area contributed by atoms with Crippen molar-refractivity contribution in [2.24, 2.45) is 17.2 Å². The maximum absolute atomic E-state index is 14.0. The molecule has 31 nitrogen and oxygen atoms in total. The van der Waals surface area contributed by atoms with Crippen LogP contribution in [0.15, 0.2) is 42.9 Å². The topological polar surface area (TPSA) is 533 Å². The lowest BCUT2D eigenvalue weighted by Crippen LogP contribution is -2.61. The first-order valence-corrected chi connectivity index (χ1v) is 22.2. The van der Waals surface area contributed by atoms with E-state index in [-0.39, 0.29) is 31.8 Å². The predicted octanol–water partition coefficient (Wildman–Crippen LogP) is -6.66. The van der Waals surface area contributed by atoms with Crippen LogP contribution in [0, 0.1) is 5.41 Å². The number of imidazole rings is 1. The number of amides is 8. The molecule has 1 heterocycles. The molecule has 0 saturated carbocycles. The number of aliphatic carboxylic acids is 4. The van der Waals surface area contributed by atoms with Gasteiger partial charge in [0, 0.05) is 38.4 Å². The van der Waals surface area contributed by atoms with Gasteiger partial charge in [-0.3, -0.25) is 58.1 Å². The molecule has 2 aromatic rings. The fraction of sp³-hybridized carbons (Fsp3) is 0.476. The average molecular weight is 1030 g/mol. The van der Waals surface area contributed by atoms with Crippen LogP contribution in [-0.2, 0) is 70.4 Å². The summed E-state index contributed by atoms with van der Waals surface area (Å²) in [7, 11) is 0. The molecule has 0 fully saturated rings. The zero-order valence-electron chi connectivity index (χ0n) is 39.0. The van der Waals surface area contributed by atoms with Gasteiger partial charge in [-0.2, -0.15) is 0 Å². The molecule has 0 saturated heterocycles. The molecule has 0 aliphatic carbocycles. The van der Waals surface area contributed by atoms with Gasteiger partial charge in [-0.25, -0.2) is 9.78 Å². The minimum Gasteiger partial charge on any atom is -0.481 e. The van der Waals surface area contributed by atoms with Crippen molar-refractivity contribution in [1.82, 2.24) is 52.5 Å². The number of hydrogen-bond donors (Lipinski definition) is 18. The molecule has 0 radical (unpaired) electrons. The van der Waals surface area contributed by atoms with Gasteiger partial charge in [0.05, 0.1) is 37.5 Å². The Labute approximate surface area is 414 Å². The minimum atomic E-state index is -2.14. The van der Waals surface area contributed by atoms with Gasteiger partial charge in [-0.05, 0) is 31.2 Å². The SMILES string of the molecule is N=C(N)NCCC[C@H](N)C(=O)N[C@@H](Cc1c[nH]cn1)C(=O)N[C@@H](Cc1ccccc1)C(=O)N[C@@H](CO)C(=O)N[C@@H](CCC(N)=O)C(=O)N[C@@H](CC(=O)O)C(=O)N[C@@H](CCC(=O)O)C(=O)N[C@@H](CC(=O)O)C(=O)O. The van der Waals surface area contributed by atoms with E-state index in [9.17, 15) is 78.0 Å². The molecular formula is C42H60N14O17. The molecular weight excluding hydrogens is 973 g/mol. The van der Waals surface area contributed by atoms with E-state index in [0.29, 0.717) is 17.7 Å². The Morgan fingerprint density at radius 1 is 0.575 bits per heavy atom. The van der Waals surface area contributed by atoms with Crippen molar-refractivity contribution < 1.29 is 83.1 Å². The number of primary amides is 1. The average Bonchev–Trinajstić information content (AvgIpc) is 3.83. The quantitative estimate of drug-likeness (QED) is 0.0176. The van der Waals surface area contributed by atoms with Crippen LogP contribution in [0.1, 0.15) is 62.6 Å². The fourth-order valence-electron chi connectivity index (χ4n) is 6.51. The molecule has 2 rings (SSSR count). The molecule has 21 N–H and O–H groups in total. The predicted molar refractivity (Wildman–Crippen MR) is 248 cm³/mol. The summed E-state index contributed by atoms with van der Waals surface area (Å²) in [5.74, 6) is -16.3. The summed E-state index contributed by atoms with van der Waals surface area (Å²) in [5.41, 5.74) is 17.4. The third-order valence-corrected chi connectivity index (χ3v) is 10.3. The lowest BCUT2D eigenvalue weighted by molar-refractivity contribution is -0.147. The molecule has 8 amide bonds. The summed E-state index contributed by atoms with van der Waals surface area (Å²) >= 11 is 0. The van der Waals surface area contributed by atoms with Crippen molar-refractivity contribution in [3.05, 3.63) is 54.1 Å². The maximum Gasteiger partial charge on any atom is 0.326 e. The molecule has 0 aliphatic heterocycles. The first-order chi connectivity index (χ1) is 34.4. The summed E-state index contributed by atoms with van der Waals surface area (Å²) in [4.78, 5) is 160. The number of aliphatic hydroxyl groups excluding tert-OH is 1. The Kier molecular flexibility index (Phi) is 25.5. The second-order valence-electron chi connectivity index (χ2n) is 16.1. The Morgan fingerprint density at radius 3 is 1.55 bits per heavy atom. The third kappa shape index (κ3) is 23.2. The van der Waals surface area contributed by atoms with E-state index in [0.717, 1.165) is 0 Å². The summed E-state index contributed by atoms with van der Waals surface area (Å²) < 4.78 is 0. The second-order valence-corrected chi connectivity index (χ2v) is 16.1. The standard InChI is InChI=1S/C42H60N14O17/c43-22(7-4-12-48-42(45)46)34(65)52-26(14-21-17-47-19-49-21)38(69)53-25(13-20-5-2-1-3-6-20)37(68)56-29(18-57)40(71)51-23(8-10-30(44)58)35(66)54-27(15-32(61)62)39(70)50-24(9-11-31(59)60)36(67)55-28(41(72)73)16-33(63)64/h1-3,5-6,17,19,22-29,57H,4,7-16,18,43H2,(H2,44,58)(H,47,49)(H,50,70)(H,51,71)(H,52,65)(H,53,69)(H,54,66)(H,55,67)(H,56,68)(H,59,60)(H,61,62)(H,63,64)(H,72,73)(H4,45,46,48)/t22-,23-,24-,25-,26-,27-,28-,29-/m0/s1. The van der Waals surface area contributed by atoms with Gasteiger partial charge < -0.3 is 90.3 Å². The van der Waals surface area contributed by atoms with Gasteiger partial charge in [0.25, 0.3) is 0 Å². The van der Waals surface area contributed by atoms with Crippen LogP contribution in [0.2, 0.25) is 0 Å². The van der Waals surface area contributed by atoms with Gasteiger partial charge in [0.15, 0.2) is 5.96 Å². The molecule has 0 unspecified atom stereocenters. The maximum atomic E-state index is 14.0. The van der Waals surface area contributed by atoms with Crippen LogP contribution < -0.4 is 59.7 Å². The van der Waals surface area contributed by atoms with Crippen LogP contribution in [-0.4, -0.2) is 174 Å². The zero-order valence-corrected chi connectivity index (χ0v) is 39.0. The third-order valence-electron chi connectivity index (χ3n) is 10.3. The molecule has 0 aliphatic rings. The molecule has 8 atom stereocenters. The van der Waals surface area contributed by atoms with Crippen molar-refractivity contribution >= 4 is 77.1 Å². The fourth-order valence-corrected chi connectivity index (χ4v) is 6.51. The van der Waals surface area contributed by atoms with Crippen LogP contribution >= 0.6 is 0 Å². The van der Waals surface area contributed by atoms with E-state index >= 15 is 0 Å². The minimum absolute atomic E-state index is 0.114. The number of nitrogens with zero attached hydrogens (tertiary/aromatic N) is 1.